The van der Waals surface area contributed by atoms with Crippen molar-refractivity contribution in [2.45, 2.75) is 37.2 Å². The average Bonchev–Trinajstić information content (AvgIpc) is 2.42. The second kappa shape index (κ2) is 5.70. The molecule has 2 N–H and O–H groups in total. The Morgan fingerprint density at radius 1 is 1.37 bits per heavy atom. The van der Waals surface area contributed by atoms with E-state index >= 15 is 0 Å². The maximum atomic E-state index is 12.3. The van der Waals surface area contributed by atoms with Crippen LogP contribution in [-0.2, 0) is 10.2 Å². The highest BCUT2D eigenvalue weighted by Crippen LogP contribution is 2.41. The lowest BCUT2D eigenvalue weighted by molar-refractivity contribution is -0.132. The van der Waals surface area contributed by atoms with E-state index in [4.69, 9.17) is 23.2 Å². The molecule has 1 saturated carbocycles. The molecule has 1 fully saturated rings. The fourth-order valence-electron chi connectivity index (χ4n) is 2.88. The van der Waals surface area contributed by atoms with Crippen LogP contribution in [0.3, 0.4) is 0 Å². The van der Waals surface area contributed by atoms with E-state index in [1.54, 1.807) is 25.2 Å². The molecule has 5 heteroatoms. The van der Waals surface area contributed by atoms with Crippen molar-refractivity contribution in [3.63, 3.8) is 0 Å². The summed E-state index contributed by atoms with van der Waals surface area (Å²) in [5.74, 6) is -0.168. The molecule has 0 aliphatic heterocycles. The van der Waals surface area contributed by atoms with Gasteiger partial charge in [0.15, 0.2) is 0 Å². The second-order valence-electron chi connectivity index (χ2n) is 4.94. The van der Waals surface area contributed by atoms with Gasteiger partial charge < -0.3 is 10.4 Å². The molecular formula is C14H17Cl2NO2. The van der Waals surface area contributed by atoms with Crippen LogP contribution in [0.4, 0.5) is 0 Å². The van der Waals surface area contributed by atoms with Crippen molar-refractivity contribution in [2.75, 3.05) is 7.05 Å². The zero-order valence-electron chi connectivity index (χ0n) is 10.7. The summed E-state index contributed by atoms with van der Waals surface area (Å²) in [6, 6.07) is 5.14. The number of carbonyl (C=O) groups is 1. The van der Waals surface area contributed by atoms with Gasteiger partial charge in [-0.3, -0.25) is 4.79 Å². The summed E-state index contributed by atoms with van der Waals surface area (Å²) in [4.78, 5) is 12.3. The highest BCUT2D eigenvalue weighted by molar-refractivity contribution is 6.42. The van der Waals surface area contributed by atoms with Crippen molar-refractivity contribution in [1.82, 2.24) is 5.32 Å². The fourth-order valence-corrected chi connectivity index (χ4v) is 3.18. The van der Waals surface area contributed by atoms with Crippen LogP contribution in [0.2, 0.25) is 10.0 Å². The van der Waals surface area contributed by atoms with Gasteiger partial charge in [-0.05, 0) is 30.5 Å². The van der Waals surface area contributed by atoms with Crippen LogP contribution in [0, 0.1) is 0 Å². The summed E-state index contributed by atoms with van der Waals surface area (Å²) in [5.41, 5.74) is -0.185. The lowest BCUT2D eigenvalue weighted by Crippen LogP contribution is -2.53. The van der Waals surface area contributed by atoms with E-state index < -0.39 is 11.5 Å². The van der Waals surface area contributed by atoms with Crippen LogP contribution >= 0.6 is 23.2 Å². The largest absolute Gasteiger partial charge is 0.392 e. The second-order valence-corrected chi connectivity index (χ2v) is 5.76. The summed E-state index contributed by atoms with van der Waals surface area (Å²) < 4.78 is 0. The Kier molecular flexibility index (Phi) is 4.39. The summed E-state index contributed by atoms with van der Waals surface area (Å²) in [6.45, 7) is 0. The maximum absolute atomic E-state index is 12.3. The van der Waals surface area contributed by atoms with Crippen LogP contribution < -0.4 is 5.32 Å². The van der Waals surface area contributed by atoms with Gasteiger partial charge in [0, 0.05) is 7.05 Å². The van der Waals surface area contributed by atoms with Gasteiger partial charge in [-0.1, -0.05) is 42.1 Å². The highest BCUT2D eigenvalue weighted by Gasteiger charge is 2.47. The number of benzene rings is 1. The first-order valence-corrected chi connectivity index (χ1v) is 7.13. The molecule has 0 aromatic heterocycles. The van der Waals surface area contributed by atoms with Crippen LogP contribution in [0.1, 0.15) is 31.2 Å². The molecule has 19 heavy (non-hydrogen) atoms. The van der Waals surface area contributed by atoms with Crippen molar-refractivity contribution in [3.05, 3.63) is 33.8 Å². The molecule has 2 atom stereocenters. The topological polar surface area (TPSA) is 49.3 Å². The van der Waals surface area contributed by atoms with Gasteiger partial charge in [0.05, 0.1) is 21.6 Å². The molecule has 3 nitrogen and oxygen atoms in total. The van der Waals surface area contributed by atoms with E-state index in [-0.39, 0.29) is 5.91 Å². The third-order valence-corrected chi connectivity index (χ3v) is 4.67. The molecule has 0 heterocycles. The van der Waals surface area contributed by atoms with E-state index in [0.717, 1.165) is 18.4 Å². The molecule has 0 bridgehead atoms. The normalized spacial score (nSPS) is 27.1. The van der Waals surface area contributed by atoms with Crippen LogP contribution in [0.25, 0.3) is 0 Å². The predicted molar refractivity (Wildman–Crippen MR) is 76.7 cm³/mol. The standard InChI is InChI=1S/C14H17Cl2NO2/c1-17-13(19)14(7-3-2-4-12(14)18)9-5-6-10(15)11(16)8-9/h5-6,8,12,18H,2-4,7H2,1H3,(H,17,19)/t12-,14+/m0/s1. The van der Waals surface area contributed by atoms with Gasteiger partial charge in [0.25, 0.3) is 0 Å². The number of hydrogen-bond donors (Lipinski definition) is 2. The minimum atomic E-state index is -0.915. The monoisotopic (exact) mass is 301 g/mol. The Balaban J connectivity index is 2.53. The molecular weight excluding hydrogens is 285 g/mol. The van der Waals surface area contributed by atoms with Gasteiger partial charge in [-0.15, -0.1) is 0 Å². The van der Waals surface area contributed by atoms with E-state index in [2.05, 4.69) is 5.32 Å². The van der Waals surface area contributed by atoms with E-state index in [0.29, 0.717) is 22.9 Å². The number of amides is 1. The minimum Gasteiger partial charge on any atom is -0.392 e. The van der Waals surface area contributed by atoms with Crippen LogP contribution in [0.15, 0.2) is 18.2 Å². The lowest BCUT2D eigenvalue weighted by Gasteiger charge is -2.40. The maximum Gasteiger partial charge on any atom is 0.233 e. The molecule has 104 valence electrons. The number of nitrogens with one attached hydrogen (secondary N) is 1. The predicted octanol–water partition coefficient (Wildman–Crippen LogP) is 2.91. The Hall–Kier alpha value is -0.770. The lowest BCUT2D eigenvalue weighted by atomic mass is 9.66. The SMILES string of the molecule is CNC(=O)[C@@]1(c2ccc(Cl)c(Cl)c2)CCCC[C@@H]1O. The number of carbonyl (C=O) groups excluding carboxylic acids is 1. The molecule has 1 aliphatic rings. The van der Waals surface area contributed by atoms with Gasteiger partial charge >= 0.3 is 0 Å². The number of aliphatic hydroxyl groups excluding tert-OH is 1. The Labute approximate surface area is 122 Å². The fraction of sp³-hybridized carbons (Fsp3) is 0.500. The van der Waals surface area contributed by atoms with Gasteiger partial charge in [-0.2, -0.15) is 0 Å². The number of halogens is 2. The average molecular weight is 302 g/mol. The van der Waals surface area contributed by atoms with Crippen molar-refractivity contribution in [1.29, 1.82) is 0 Å². The van der Waals surface area contributed by atoms with Crippen molar-refractivity contribution in [2.24, 2.45) is 0 Å². The first kappa shape index (κ1) is 14.6. The molecule has 1 amide bonds. The molecule has 1 aromatic carbocycles. The third kappa shape index (κ3) is 2.47. The van der Waals surface area contributed by atoms with Crippen molar-refractivity contribution >= 4 is 29.1 Å². The van der Waals surface area contributed by atoms with E-state index in [1.807, 2.05) is 0 Å². The molecule has 0 unspecified atom stereocenters. The first-order valence-electron chi connectivity index (χ1n) is 6.38. The highest BCUT2D eigenvalue weighted by atomic mass is 35.5. The number of likely N-dealkylation sites (N-methyl/N-ethyl adjacent to an activating group) is 1. The van der Waals surface area contributed by atoms with E-state index in [9.17, 15) is 9.90 Å². The van der Waals surface area contributed by atoms with E-state index in [1.165, 1.54) is 0 Å². The quantitative estimate of drug-likeness (QED) is 0.882. The number of hydrogen-bond acceptors (Lipinski definition) is 2. The summed E-state index contributed by atoms with van der Waals surface area (Å²) in [6.07, 6.45) is 2.38. The van der Waals surface area contributed by atoms with Crippen LogP contribution in [0.5, 0.6) is 0 Å². The molecule has 0 spiro atoms. The van der Waals surface area contributed by atoms with Crippen LogP contribution in [-0.4, -0.2) is 24.2 Å². The number of rotatable bonds is 2. The first-order chi connectivity index (χ1) is 9.02. The molecule has 0 saturated heterocycles. The van der Waals surface area contributed by atoms with Gasteiger partial charge in [0.1, 0.15) is 0 Å². The Morgan fingerprint density at radius 3 is 2.68 bits per heavy atom. The summed E-state index contributed by atoms with van der Waals surface area (Å²) in [5, 5.41) is 13.9. The molecule has 1 aromatic rings. The third-order valence-electron chi connectivity index (χ3n) is 3.93. The zero-order valence-corrected chi connectivity index (χ0v) is 12.3. The Bertz CT molecular complexity index is 492. The number of aliphatic hydroxyl groups is 1. The zero-order chi connectivity index (χ0) is 14.0. The molecule has 2 rings (SSSR count). The molecule has 1 aliphatic carbocycles. The van der Waals surface area contributed by atoms with Crippen molar-refractivity contribution < 1.29 is 9.90 Å². The van der Waals surface area contributed by atoms with Crippen molar-refractivity contribution in [3.8, 4) is 0 Å². The smallest absolute Gasteiger partial charge is 0.233 e. The van der Waals surface area contributed by atoms with Gasteiger partial charge in [0.2, 0.25) is 5.91 Å². The molecule has 0 radical (unpaired) electrons. The van der Waals surface area contributed by atoms with Gasteiger partial charge in [-0.25, -0.2) is 0 Å². The Morgan fingerprint density at radius 2 is 2.11 bits per heavy atom. The minimum absolute atomic E-state index is 0.168. The summed E-state index contributed by atoms with van der Waals surface area (Å²) >= 11 is 12.0. The summed E-state index contributed by atoms with van der Waals surface area (Å²) in [7, 11) is 1.59.